The fraction of sp³-hybridized carbons (Fsp3) is 0.656. The van der Waals surface area contributed by atoms with Gasteiger partial charge in [0.1, 0.15) is 11.3 Å². The monoisotopic (exact) mass is 656 g/mol. The number of carbonyl (C=O) groups is 3. The Bertz CT molecular complexity index is 1640. The van der Waals surface area contributed by atoms with Gasteiger partial charge in [0, 0.05) is 25.9 Å². The van der Waals surface area contributed by atoms with Gasteiger partial charge in [-0.15, -0.1) is 0 Å². The van der Waals surface area contributed by atoms with E-state index in [0.29, 0.717) is 23.6 Å². The van der Waals surface area contributed by atoms with E-state index in [4.69, 9.17) is 14.3 Å². The van der Waals surface area contributed by atoms with Gasteiger partial charge in [-0.05, 0) is 87.9 Å². The Morgan fingerprint density at radius 3 is 2.38 bits per heavy atom. The molecule has 2 unspecified atom stereocenters. The molecule has 3 aliphatic rings. The van der Waals surface area contributed by atoms with Crippen LogP contribution in [0.2, 0.25) is 0 Å². The van der Waals surface area contributed by atoms with E-state index >= 15 is 0 Å². The van der Waals surface area contributed by atoms with Crippen LogP contribution in [0.1, 0.15) is 106 Å². The largest absolute Gasteiger partial charge is 0.444 e. The van der Waals surface area contributed by atoms with Gasteiger partial charge in [-0.3, -0.25) is 9.59 Å². The second-order valence-electron chi connectivity index (χ2n) is 14.4. The average molecular weight is 657 g/mol. The van der Waals surface area contributed by atoms with Gasteiger partial charge >= 0.3 is 6.09 Å². The number of rotatable bonds is 8. The molecule has 2 N–H and O–H groups in total. The highest BCUT2D eigenvalue weighted by Gasteiger charge is 2.42. The molecule has 254 valence electrons. The summed E-state index contributed by atoms with van der Waals surface area (Å²) < 4.78 is 39.9. The first-order chi connectivity index (χ1) is 22.2. The van der Waals surface area contributed by atoms with Gasteiger partial charge < -0.3 is 20.3 Å². The lowest BCUT2D eigenvalue weighted by molar-refractivity contribution is -0.126. The topological polar surface area (TPSA) is 157 Å². The number of halogens is 2. The molecule has 3 aromatic rings. The van der Waals surface area contributed by atoms with Crippen LogP contribution in [-0.4, -0.2) is 72.3 Å². The highest BCUT2D eigenvalue weighted by molar-refractivity contribution is 5.93. The number of ether oxygens (including phenoxy) is 1. The molecule has 3 aromatic heterocycles. The van der Waals surface area contributed by atoms with Gasteiger partial charge in [0.25, 0.3) is 5.91 Å². The van der Waals surface area contributed by atoms with Crippen LogP contribution in [0.15, 0.2) is 23.1 Å². The first-order valence-electron chi connectivity index (χ1n) is 16.3. The second kappa shape index (κ2) is 12.5. The van der Waals surface area contributed by atoms with Crippen molar-refractivity contribution in [2.24, 2.45) is 23.7 Å². The molecule has 1 aliphatic heterocycles. The molecule has 1 saturated heterocycles. The first-order valence-corrected chi connectivity index (χ1v) is 16.3. The Labute approximate surface area is 271 Å². The van der Waals surface area contributed by atoms with Crippen LogP contribution in [-0.2, 0) is 9.53 Å². The zero-order chi connectivity index (χ0) is 33.7. The highest BCUT2D eigenvalue weighted by atomic mass is 19.3. The van der Waals surface area contributed by atoms with Crippen molar-refractivity contribution in [3.63, 3.8) is 0 Å². The SMILES string of the molecule is Cc1nonc1C(=O)N[C@H](c1cn2ncc([C@H](NC(=O)C3CN(C(=O)OC(C)(C)C)CC3C)C3CC3)cc2n1)C1CCC(F)(F)CC1. The predicted octanol–water partition coefficient (Wildman–Crippen LogP) is 4.79. The number of carbonyl (C=O) groups excluding carboxylic acids is 3. The molecular formula is C32H42F2N8O5. The molecule has 4 atom stereocenters. The molecule has 6 rings (SSSR count). The average Bonchev–Trinajstić information content (AvgIpc) is 3.39. The first kappa shape index (κ1) is 32.8. The van der Waals surface area contributed by atoms with Gasteiger partial charge in [0.05, 0.1) is 36.1 Å². The minimum absolute atomic E-state index is 0.0223. The molecule has 2 saturated carbocycles. The van der Waals surface area contributed by atoms with E-state index in [1.807, 2.05) is 33.8 Å². The quantitative estimate of drug-likeness (QED) is 0.348. The number of alkyl halides is 2. The standard InChI is InChI=1S/C32H42F2N8O5/c1-17-14-41(30(45)46-31(3,4)5)15-22(17)28(43)37-26(19-6-7-19)21-12-24-36-23(16-42(24)35-13-21)27(20-8-10-32(33,34)11-9-20)38-29(44)25-18(2)39-47-40-25/h12-13,16-17,19-20,22,26-27H,6-11,14-15H2,1-5H3,(H,37,43)(H,38,44)/t17?,22?,26-,27+/m1/s1. The second-order valence-corrected chi connectivity index (χ2v) is 14.4. The maximum absolute atomic E-state index is 14.1. The summed E-state index contributed by atoms with van der Waals surface area (Å²) >= 11 is 0. The Balaban J connectivity index is 1.21. The van der Waals surface area contributed by atoms with E-state index in [-0.39, 0.29) is 73.5 Å². The van der Waals surface area contributed by atoms with Crippen molar-refractivity contribution < 1.29 is 32.5 Å². The molecule has 13 nitrogen and oxygen atoms in total. The number of imidazole rings is 1. The van der Waals surface area contributed by atoms with Crippen molar-refractivity contribution >= 4 is 23.6 Å². The number of amides is 3. The van der Waals surface area contributed by atoms with Crippen molar-refractivity contribution in [3.8, 4) is 0 Å². The van der Waals surface area contributed by atoms with Crippen LogP contribution >= 0.6 is 0 Å². The van der Waals surface area contributed by atoms with Crippen molar-refractivity contribution in [2.45, 2.75) is 96.8 Å². The fourth-order valence-corrected chi connectivity index (χ4v) is 6.65. The van der Waals surface area contributed by atoms with E-state index in [1.165, 1.54) is 0 Å². The summed E-state index contributed by atoms with van der Waals surface area (Å²) in [5.74, 6) is -3.85. The summed E-state index contributed by atoms with van der Waals surface area (Å²) in [6.45, 7) is 9.72. The summed E-state index contributed by atoms with van der Waals surface area (Å²) in [5, 5.41) is 18.1. The molecule has 0 bridgehead atoms. The maximum atomic E-state index is 14.1. The summed E-state index contributed by atoms with van der Waals surface area (Å²) in [5.41, 5.74) is 1.50. The number of nitrogens with zero attached hydrogens (tertiary/aromatic N) is 6. The minimum atomic E-state index is -2.74. The summed E-state index contributed by atoms with van der Waals surface area (Å²) in [7, 11) is 0. The van der Waals surface area contributed by atoms with Crippen LogP contribution in [0.4, 0.5) is 13.6 Å². The lowest BCUT2D eigenvalue weighted by Gasteiger charge is -2.33. The van der Waals surface area contributed by atoms with Crippen molar-refractivity contribution in [3.05, 3.63) is 41.1 Å². The maximum Gasteiger partial charge on any atom is 0.410 e. The third-order valence-electron chi connectivity index (χ3n) is 9.42. The molecule has 47 heavy (non-hydrogen) atoms. The van der Waals surface area contributed by atoms with Crippen molar-refractivity contribution in [2.75, 3.05) is 13.1 Å². The van der Waals surface area contributed by atoms with Crippen LogP contribution in [0.5, 0.6) is 0 Å². The van der Waals surface area contributed by atoms with Crippen LogP contribution < -0.4 is 10.6 Å². The van der Waals surface area contributed by atoms with E-state index in [0.717, 1.165) is 18.4 Å². The number of aryl methyl sites for hydroxylation is 1. The van der Waals surface area contributed by atoms with Gasteiger partial charge in [-0.2, -0.15) is 5.10 Å². The molecule has 3 amide bonds. The van der Waals surface area contributed by atoms with E-state index in [9.17, 15) is 23.2 Å². The normalized spacial score (nSPS) is 23.0. The van der Waals surface area contributed by atoms with Crippen LogP contribution in [0.25, 0.3) is 5.65 Å². The van der Waals surface area contributed by atoms with Gasteiger partial charge in [-0.1, -0.05) is 12.1 Å². The minimum Gasteiger partial charge on any atom is -0.444 e. The third-order valence-corrected chi connectivity index (χ3v) is 9.42. The van der Waals surface area contributed by atoms with Gasteiger partial charge in [0.2, 0.25) is 11.8 Å². The number of hydrogen-bond acceptors (Lipinski definition) is 9. The number of hydrogen-bond donors (Lipinski definition) is 2. The smallest absolute Gasteiger partial charge is 0.410 e. The van der Waals surface area contributed by atoms with Crippen molar-refractivity contribution in [1.82, 2.24) is 40.4 Å². The Morgan fingerprint density at radius 1 is 1.04 bits per heavy atom. The third kappa shape index (κ3) is 7.38. The predicted molar refractivity (Wildman–Crippen MR) is 163 cm³/mol. The molecule has 2 aliphatic carbocycles. The Hall–Kier alpha value is -4.17. The number of likely N-dealkylation sites (tertiary alicyclic amines) is 1. The van der Waals surface area contributed by atoms with Crippen LogP contribution in [0.3, 0.4) is 0 Å². The van der Waals surface area contributed by atoms with E-state index in [1.54, 1.807) is 28.7 Å². The molecule has 0 radical (unpaired) electrons. The summed E-state index contributed by atoms with van der Waals surface area (Å²) in [6, 6.07) is 0.905. The zero-order valence-corrected chi connectivity index (χ0v) is 27.3. The number of aromatic nitrogens is 5. The Morgan fingerprint density at radius 2 is 1.74 bits per heavy atom. The lowest BCUT2D eigenvalue weighted by Crippen LogP contribution is -2.39. The van der Waals surface area contributed by atoms with Crippen LogP contribution in [0, 0.1) is 30.6 Å². The van der Waals surface area contributed by atoms with Gasteiger partial charge in [0.15, 0.2) is 11.3 Å². The molecule has 15 heteroatoms. The molecule has 0 spiro atoms. The highest BCUT2D eigenvalue weighted by Crippen LogP contribution is 2.43. The van der Waals surface area contributed by atoms with Gasteiger partial charge in [-0.25, -0.2) is 27.7 Å². The number of fused-ring (bicyclic) bond motifs is 1. The number of nitrogens with one attached hydrogen (secondary N) is 2. The Kier molecular flexibility index (Phi) is 8.68. The molecule has 4 heterocycles. The summed E-state index contributed by atoms with van der Waals surface area (Å²) in [4.78, 5) is 45.8. The lowest BCUT2D eigenvalue weighted by atomic mass is 9.81. The molecule has 3 fully saturated rings. The van der Waals surface area contributed by atoms with Crippen molar-refractivity contribution in [1.29, 1.82) is 0 Å². The fourth-order valence-electron chi connectivity index (χ4n) is 6.65. The summed E-state index contributed by atoms with van der Waals surface area (Å²) in [6.07, 6.45) is 4.75. The zero-order valence-electron chi connectivity index (χ0n) is 27.3. The van der Waals surface area contributed by atoms with E-state index in [2.05, 4.69) is 26.0 Å². The van der Waals surface area contributed by atoms with E-state index < -0.39 is 29.6 Å². The molecule has 0 aromatic carbocycles. The molecular weight excluding hydrogens is 614 g/mol.